The van der Waals surface area contributed by atoms with Crippen LogP contribution in [-0.4, -0.2) is 63.3 Å². The van der Waals surface area contributed by atoms with Gasteiger partial charge in [-0.2, -0.15) is 0 Å². The molecule has 0 radical (unpaired) electrons. The zero-order valence-corrected chi connectivity index (χ0v) is 11.0. The highest BCUT2D eigenvalue weighted by molar-refractivity contribution is 8.14. The third kappa shape index (κ3) is 3.06. The molecule has 0 spiro atoms. The zero-order valence-electron chi connectivity index (χ0n) is 10.2. The predicted octanol–water partition coefficient (Wildman–Crippen LogP) is 0.00500. The van der Waals surface area contributed by atoms with E-state index in [0.29, 0.717) is 25.9 Å². The molecule has 2 rings (SSSR count). The molecule has 2 aliphatic rings. The van der Waals surface area contributed by atoms with Crippen LogP contribution in [-0.2, 0) is 14.4 Å². The highest BCUT2D eigenvalue weighted by atomic mass is 32.2. The molecule has 2 fully saturated rings. The van der Waals surface area contributed by atoms with Gasteiger partial charge in [-0.1, -0.05) is 11.8 Å². The number of carbonyl (C=O) groups excluding carboxylic acids is 3. The number of carbonyl (C=O) groups is 4. The number of amides is 3. The summed E-state index contributed by atoms with van der Waals surface area (Å²) in [7, 11) is 0. The number of aliphatic carboxylic acids is 1. The minimum atomic E-state index is -0.839. The number of thioether (sulfide) groups is 1. The number of carboxylic acids is 1. The van der Waals surface area contributed by atoms with Crippen molar-refractivity contribution < 1.29 is 24.3 Å². The first-order valence-electron chi connectivity index (χ1n) is 5.96. The summed E-state index contributed by atoms with van der Waals surface area (Å²) in [6, 6.07) is 0. The molecule has 0 saturated carbocycles. The lowest BCUT2D eigenvalue weighted by Crippen LogP contribution is -2.46. The molecule has 0 unspecified atom stereocenters. The van der Waals surface area contributed by atoms with E-state index in [1.165, 1.54) is 4.90 Å². The van der Waals surface area contributed by atoms with Gasteiger partial charge in [-0.05, 0) is 12.8 Å². The smallest absolute Gasteiger partial charge is 0.306 e. The van der Waals surface area contributed by atoms with Gasteiger partial charge in [0.1, 0.15) is 6.54 Å². The van der Waals surface area contributed by atoms with E-state index in [1.807, 2.05) is 0 Å². The van der Waals surface area contributed by atoms with Crippen molar-refractivity contribution in [2.75, 3.05) is 25.4 Å². The monoisotopic (exact) mass is 286 g/mol. The van der Waals surface area contributed by atoms with Crippen molar-refractivity contribution in [1.29, 1.82) is 0 Å². The summed E-state index contributed by atoms with van der Waals surface area (Å²) >= 11 is 0.895. The maximum absolute atomic E-state index is 11.9. The highest BCUT2D eigenvalue weighted by Gasteiger charge is 2.34. The molecule has 1 N–H and O–H groups in total. The van der Waals surface area contributed by atoms with Gasteiger partial charge in [0.2, 0.25) is 11.8 Å². The first-order chi connectivity index (χ1) is 8.99. The molecule has 0 atom stereocenters. The molecule has 3 amide bonds. The third-order valence-electron chi connectivity index (χ3n) is 3.33. The lowest BCUT2D eigenvalue weighted by molar-refractivity contribution is -0.146. The van der Waals surface area contributed by atoms with E-state index in [0.717, 1.165) is 16.7 Å². The van der Waals surface area contributed by atoms with Gasteiger partial charge < -0.3 is 10.0 Å². The minimum Gasteiger partial charge on any atom is -0.481 e. The second-order valence-electron chi connectivity index (χ2n) is 4.53. The number of hydrogen-bond acceptors (Lipinski definition) is 5. The molecule has 104 valence electrons. The van der Waals surface area contributed by atoms with Gasteiger partial charge >= 0.3 is 5.97 Å². The largest absolute Gasteiger partial charge is 0.481 e. The van der Waals surface area contributed by atoms with E-state index < -0.39 is 17.1 Å². The quantitative estimate of drug-likeness (QED) is 0.785. The van der Waals surface area contributed by atoms with Crippen LogP contribution in [0.5, 0.6) is 0 Å². The van der Waals surface area contributed by atoms with Crippen molar-refractivity contribution >= 4 is 34.8 Å². The van der Waals surface area contributed by atoms with Crippen LogP contribution in [0.3, 0.4) is 0 Å². The van der Waals surface area contributed by atoms with Crippen LogP contribution in [0.4, 0.5) is 4.79 Å². The second kappa shape index (κ2) is 5.60. The fourth-order valence-corrected chi connectivity index (χ4v) is 2.87. The van der Waals surface area contributed by atoms with Crippen molar-refractivity contribution in [3.8, 4) is 0 Å². The van der Waals surface area contributed by atoms with E-state index >= 15 is 0 Å². The lowest BCUT2D eigenvalue weighted by Gasteiger charge is -2.31. The fourth-order valence-electron chi connectivity index (χ4n) is 2.14. The summed E-state index contributed by atoms with van der Waals surface area (Å²) in [6.07, 6.45) is 0.829. The van der Waals surface area contributed by atoms with E-state index in [1.54, 1.807) is 0 Å². The summed E-state index contributed by atoms with van der Waals surface area (Å²) in [6.45, 7) is 0.487. The van der Waals surface area contributed by atoms with Crippen molar-refractivity contribution in [1.82, 2.24) is 9.80 Å². The van der Waals surface area contributed by atoms with Gasteiger partial charge in [0.05, 0.1) is 11.7 Å². The first kappa shape index (κ1) is 13.9. The number of imide groups is 1. The SMILES string of the molecule is O=C(O)C1CCN(C(=O)CN2C(=O)CSC2=O)CC1. The van der Waals surface area contributed by atoms with Crippen LogP contribution in [0.25, 0.3) is 0 Å². The number of nitrogens with zero attached hydrogens (tertiary/aromatic N) is 2. The Morgan fingerprint density at radius 1 is 1.26 bits per heavy atom. The molecule has 2 aliphatic heterocycles. The molecule has 2 saturated heterocycles. The van der Waals surface area contributed by atoms with Gasteiger partial charge in [0.15, 0.2) is 0 Å². The predicted molar refractivity (Wildman–Crippen MR) is 66.5 cm³/mol. The molecular weight excluding hydrogens is 272 g/mol. The summed E-state index contributed by atoms with van der Waals surface area (Å²) in [5, 5.41) is 8.47. The Kier molecular flexibility index (Phi) is 4.08. The fraction of sp³-hybridized carbons (Fsp3) is 0.636. The number of carboxylic acid groups (broad SMARTS) is 1. The summed E-state index contributed by atoms with van der Waals surface area (Å²) < 4.78 is 0. The van der Waals surface area contributed by atoms with Crippen molar-refractivity contribution in [2.24, 2.45) is 5.92 Å². The van der Waals surface area contributed by atoms with Crippen LogP contribution in [0.1, 0.15) is 12.8 Å². The Morgan fingerprint density at radius 3 is 2.37 bits per heavy atom. The molecular formula is C11H14N2O5S. The molecule has 7 nitrogen and oxygen atoms in total. The van der Waals surface area contributed by atoms with Crippen LogP contribution >= 0.6 is 11.8 Å². The van der Waals surface area contributed by atoms with E-state index in [4.69, 9.17) is 5.11 Å². The van der Waals surface area contributed by atoms with Crippen LogP contribution < -0.4 is 0 Å². The van der Waals surface area contributed by atoms with Crippen molar-refractivity contribution in [3.63, 3.8) is 0 Å². The molecule has 0 aromatic rings. The number of piperidine rings is 1. The number of hydrogen-bond donors (Lipinski definition) is 1. The van der Waals surface area contributed by atoms with E-state index in [-0.39, 0.29) is 24.1 Å². The van der Waals surface area contributed by atoms with E-state index in [9.17, 15) is 19.2 Å². The van der Waals surface area contributed by atoms with Gasteiger partial charge in [-0.15, -0.1) is 0 Å². The first-order valence-corrected chi connectivity index (χ1v) is 6.95. The summed E-state index contributed by atoms with van der Waals surface area (Å²) in [5.41, 5.74) is 0. The average Bonchev–Trinajstić information content (AvgIpc) is 2.70. The van der Waals surface area contributed by atoms with Crippen molar-refractivity contribution in [3.05, 3.63) is 0 Å². The zero-order chi connectivity index (χ0) is 14.0. The molecule has 0 aromatic carbocycles. The van der Waals surface area contributed by atoms with Gasteiger partial charge in [0, 0.05) is 13.1 Å². The Labute approximate surface area is 113 Å². The average molecular weight is 286 g/mol. The highest BCUT2D eigenvalue weighted by Crippen LogP contribution is 2.20. The molecule has 0 bridgehead atoms. The Balaban J connectivity index is 1.86. The minimum absolute atomic E-state index is 0.0905. The maximum atomic E-state index is 11.9. The molecule has 2 heterocycles. The molecule has 19 heavy (non-hydrogen) atoms. The van der Waals surface area contributed by atoms with Gasteiger partial charge in [0.25, 0.3) is 5.24 Å². The van der Waals surface area contributed by atoms with Crippen molar-refractivity contribution in [2.45, 2.75) is 12.8 Å². The Hall–Kier alpha value is -1.57. The topological polar surface area (TPSA) is 95.0 Å². The van der Waals surface area contributed by atoms with Crippen LogP contribution in [0, 0.1) is 5.92 Å². The number of likely N-dealkylation sites (tertiary alicyclic amines) is 1. The summed E-state index contributed by atoms with van der Waals surface area (Å²) in [5.74, 6) is -1.80. The maximum Gasteiger partial charge on any atom is 0.306 e. The second-order valence-corrected chi connectivity index (χ2v) is 5.45. The molecule has 0 aliphatic carbocycles. The Bertz CT molecular complexity index is 415. The van der Waals surface area contributed by atoms with E-state index in [2.05, 4.69) is 0 Å². The number of rotatable bonds is 3. The van der Waals surface area contributed by atoms with Gasteiger partial charge in [-0.25, -0.2) is 0 Å². The standard InChI is InChI=1S/C11H14N2O5S/c14-8(5-13-9(15)6-19-11(13)18)12-3-1-7(2-4-12)10(16)17/h7H,1-6H2,(H,16,17). The van der Waals surface area contributed by atoms with Crippen LogP contribution in [0.2, 0.25) is 0 Å². The van der Waals surface area contributed by atoms with Crippen LogP contribution in [0.15, 0.2) is 0 Å². The third-order valence-corrected chi connectivity index (χ3v) is 4.19. The molecule has 0 aromatic heterocycles. The Morgan fingerprint density at radius 2 is 1.89 bits per heavy atom. The summed E-state index contributed by atoms with van der Waals surface area (Å²) in [4.78, 5) is 48.0. The molecule has 8 heteroatoms. The normalized spacial score (nSPS) is 21.1. The van der Waals surface area contributed by atoms with Gasteiger partial charge in [-0.3, -0.25) is 24.1 Å². The lowest BCUT2D eigenvalue weighted by atomic mass is 9.97.